The van der Waals surface area contributed by atoms with E-state index in [0.29, 0.717) is 11.7 Å². The molecule has 5 heteroatoms. The molecule has 0 fully saturated rings. The summed E-state index contributed by atoms with van der Waals surface area (Å²) in [6.07, 6.45) is 0.685. The summed E-state index contributed by atoms with van der Waals surface area (Å²) in [5.74, 6) is 1.04. The van der Waals surface area contributed by atoms with Crippen LogP contribution in [0.5, 0.6) is 0 Å². The van der Waals surface area contributed by atoms with Crippen molar-refractivity contribution in [2.75, 3.05) is 7.11 Å². The van der Waals surface area contributed by atoms with Crippen molar-refractivity contribution < 1.29 is 9.26 Å². The van der Waals surface area contributed by atoms with Gasteiger partial charge in [0.2, 0.25) is 11.7 Å². The average Bonchev–Trinajstić information content (AvgIpc) is 2.66. The quantitative estimate of drug-likeness (QED) is 0.853. The molecule has 2 N–H and O–H groups in total. The number of hydrogen-bond acceptors (Lipinski definition) is 5. The second-order valence-electron chi connectivity index (χ2n) is 4.97. The van der Waals surface area contributed by atoms with Gasteiger partial charge >= 0.3 is 0 Å². The van der Waals surface area contributed by atoms with Crippen LogP contribution in [0.25, 0.3) is 0 Å². The molecule has 0 saturated carbocycles. The van der Waals surface area contributed by atoms with Gasteiger partial charge in [0.05, 0.1) is 6.04 Å². The first-order valence-corrected chi connectivity index (χ1v) is 5.52. The Labute approximate surface area is 96.4 Å². The zero-order valence-electron chi connectivity index (χ0n) is 10.7. The van der Waals surface area contributed by atoms with Gasteiger partial charge in [0.15, 0.2) is 0 Å². The molecule has 92 valence electrons. The van der Waals surface area contributed by atoms with E-state index >= 15 is 0 Å². The first-order chi connectivity index (χ1) is 7.40. The van der Waals surface area contributed by atoms with E-state index in [2.05, 4.69) is 10.1 Å². The van der Waals surface area contributed by atoms with Crippen molar-refractivity contribution in [2.24, 2.45) is 11.1 Å². The molecule has 0 saturated heterocycles. The highest BCUT2D eigenvalue weighted by Crippen LogP contribution is 2.30. The Morgan fingerprint density at radius 2 is 2.06 bits per heavy atom. The predicted octanol–water partition coefficient (Wildman–Crippen LogP) is 2.21. The molecule has 16 heavy (non-hydrogen) atoms. The van der Waals surface area contributed by atoms with Gasteiger partial charge in [-0.25, -0.2) is 0 Å². The van der Waals surface area contributed by atoms with Crippen LogP contribution >= 0.6 is 0 Å². The largest absolute Gasteiger partial charge is 0.373 e. The van der Waals surface area contributed by atoms with E-state index in [1.165, 1.54) is 0 Å². The maximum absolute atomic E-state index is 6.03. The first-order valence-electron chi connectivity index (χ1n) is 5.52. The zero-order chi connectivity index (χ0) is 12.3. The van der Waals surface area contributed by atoms with Crippen molar-refractivity contribution in [3.05, 3.63) is 11.7 Å². The Kier molecular flexibility index (Phi) is 4.04. The van der Waals surface area contributed by atoms with E-state index in [-0.39, 0.29) is 17.6 Å². The van der Waals surface area contributed by atoms with Gasteiger partial charge in [-0.05, 0) is 11.8 Å². The molecule has 0 radical (unpaired) electrons. The van der Waals surface area contributed by atoms with Crippen LogP contribution in [0.15, 0.2) is 4.52 Å². The predicted molar refractivity (Wildman–Crippen MR) is 60.7 cm³/mol. The van der Waals surface area contributed by atoms with Crippen LogP contribution in [0.3, 0.4) is 0 Å². The second-order valence-corrected chi connectivity index (χ2v) is 4.97. The van der Waals surface area contributed by atoms with Gasteiger partial charge in [-0.1, -0.05) is 32.9 Å². The number of hydrogen-bond donors (Lipinski definition) is 1. The minimum atomic E-state index is -0.261. The minimum Gasteiger partial charge on any atom is -0.373 e. The Bertz CT molecular complexity index is 326. The number of aromatic nitrogens is 2. The summed E-state index contributed by atoms with van der Waals surface area (Å²) < 4.78 is 10.4. The monoisotopic (exact) mass is 227 g/mol. The Morgan fingerprint density at radius 1 is 1.44 bits per heavy atom. The summed E-state index contributed by atoms with van der Waals surface area (Å²) in [7, 11) is 1.63. The van der Waals surface area contributed by atoms with Crippen LogP contribution in [0.1, 0.15) is 58.0 Å². The Morgan fingerprint density at radius 3 is 2.50 bits per heavy atom. The molecule has 1 aromatic heterocycles. The van der Waals surface area contributed by atoms with E-state index in [1.54, 1.807) is 7.11 Å². The van der Waals surface area contributed by atoms with Crippen molar-refractivity contribution in [2.45, 2.75) is 46.3 Å². The van der Waals surface area contributed by atoms with E-state index in [4.69, 9.17) is 15.0 Å². The first kappa shape index (κ1) is 13.1. The molecular weight excluding hydrogens is 206 g/mol. The molecule has 0 amide bonds. The van der Waals surface area contributed by atoms with E-state index in [9.17, 15) is 0 Å². The molecule has 0 aliphatic carbocycles. The smallest absolute Gasteiger partial charge is 0.244 e. The highest BCUT2D eigenvalue weighted by molar-refractivity contribution is 4.98. The summed E-state index contributed by atoms with van der Waals surface area (Å²) in [5, 5.41) is 3.90. The maximum atomic E-state index is 6.03. The molecule has 5 nitrogen and oxygen atoms in total. The fraction of sp³-hybridized carbons (Fsp3) is 0.818. The van der Waals surface area contributed by atoms with Crippen molar-refractivity contribution in [1.82, 2.24) is 10.1 Å². The lowest BCUT2D eigenvalue weighted by molar-refractivity contribution is 0.0903. The third-order valence-electron chi connectivity index (χ3n) is 2.60. The molecule has 0 aliphatic rings. The van der Waals surface area contributed by atoms with E-state index in [0.717, 1.165) is 6.42 Å². The molecule has 2 atom stereocenters. The second kappa shape index (κ2) is 4.93. The fourth-order valence-corrected chi connectivity index (χ4v) is 1.33. The van der Waals surface area contributed by atoms with Crippen LogP contribution in [-0.4, -0.2) is 17.3 Å². The van der Waals surface area contributed by atoms with Crippen molar-refractivity contribution in [3.8, 4) is 0 Å². The molecule has 0 aliphatic heterocycles. The molecule has 1 heterocycles. The van der Waals surface area contributed by atoms with Crippen LogP contribution < -0.4 is 5.73 Å². The third kappa shape index (κ3) is 2.80. The van der Waals surface area contributed by atoms with Gasteiger partial charge < -0.3 is 15.0 Å². The highest BCUT2D eigenvalue weighted by Gasteiger charge is 2.28. The van der Waals surface area contributed by atoms with E-state index < -0.39 is 0 Å². The van der Waals surface area contributed by atoms with Crippen LogP contribution in [-0.2, 0) is 4.74 Å². The molecule has 1 rings (SSSR count). The number of nitrogens with zero attached hydrogens (tertiary/aromatic N) is 2. The van der Waals surface area contributed by atoms with Crippen molar-refractivity contribution >= 4 is 0 Å². The standard InChI is InChI=1S/C11H21N3O2/c1-6-7(15-5)9-13-10(16-14-9)8(12)11(2,3)4/h7-8H,6,12H2,1-5H3. The maximum Gasteiger partial charge on any atom is 0.244 e. The number of methoxy groups -OCH3 is 1. The van der Waals surface area contributed by atoms with Crippen LogP contribution in [0.4, 0.5) is 0 Å². The SMILES string of the molecule is CCC(OC)c1noc(C(N)C(C)(C)C)n1. The van der Waals surface area contributed by atoms with Gasteiger partial charge in [0.1, 0.15) is 6.10 Å². The molecule has 0 aromatic carbocycles. The van der Waals surface area contributed by atoms with Gasteiger partial charge in [0.25, 0.3) is 0 Å². The van der Waals surface area contributed by atoms with Crippen molar-refractivity contribution in [3.63, 3.8) is 0 Å². The summed E-state index contributed by atoms with van der Waals surface area (Å²) in [6, 6.07) is -0.261. The Hall–Kier alpha value is -0.940. The van der Waals surface area contributed by atoms with Crippen molar-refractivity contribution in [1.29, 1.82) is 0 Å². The van der Waals surface area contributed by atoms with Crippen LogP contribution in [0, 0.1) is 5.41 Å². The van der Waals surface area contributed by atoms with E-state index in [1.807, 2.05) is 27.7 Å². The number of nitrogens with two attached hydrogens (primary N) is 1. The van der Waals surface area contributed by atoms with Gasteiger partial charge in [0, 0.05) is 7.11 Å². The van der Waals surface area contributed by atoms with Gasteiger partial charge in [-0.2, -0.15) is 4.98 Å². The molecule has 0 bridgehead atoms. The summed E-state index contributed by atoms with van der Waals surface area (Å²) in [5.41, 5.74) is 5.93. The summed E-state index contributed by atoms with van der Waals surface area (Å²) >= 11 is 0. The normalized spacial score (nSPS) is 16.1. The van der Waals surface area contributed by atoms with Gasteiger partial charge in [-0.3, -0.25) is 0 Å². The topological polar surface area (TPSA) is 74.2 Å². The average molecular weight is 227 g/mol. The lowest BCUT2D eigenvalue weighted by Gasteiger charge is -2.23. The lowest BCUT2D eigenvalue weighted by atomic mass is 9.87. The molecule has 1 aromatic rings. The van der Waals surface area contributed by atoms with Crippen LogP contribution in [0.2, 0.25) is 0 Å². The Balaban J connectivity index is 2.86. The summed E-state index contributed by atoms with van der Waals surface area (Å²) in [4.78, 5) is 4.29. The number of ether oxygens (including phenoxy) is 1. The lowest BCUT2D eigenvalue weighted by Crippen LogP contribution is -2.26. The minimum absolute atomic E-state index is 0.0986. The molecular formula is C11H21N3O2. The van der Waals surface area contributed by atoms with Gasteiger partial charge in [-0.15, -0.1) is 0 Å². The molecule has 0 spiro atoms. The fourth-order valence-electron chi connectivity index (χ4n) is 1.33. The highest BCUT2D eigenvalue weighted by atomic mass is 16.5. The molecule has 2 unspecified atom stereocenters. The summed E-state index contributed by atoms with van der Waals surface area (Å²) in [6.45, 7) is 8.12. The third-order valence-corrected chi connectivity index (χ3v) is 2.60. The number of rotatable bonds is 4. The zero-order valence-corrected chi connectivity index (χ0v) is 10.7.